The second-order valence-corrected chi connectivity index (χ2v) is 7.40. The van der Waals surface area contributed by atoms with Crippen LogP contribution < -0.4 is 0 Å². The number of hydrogen-bond acceptors (Lipinski definition) is 5. The number of carbonyl (C=O) groups excluding carboxylic acids is 2. The molecule has 1 saturated heterocycles. The second-order valence-electron chi connectivity index (χ2n) is 7.40. The maximum Gasteiger partial charge on any atom is 0.334 e. The zero-order chi connectivity index (χ0) is 17.8. The molecule has 3 rings (SSSR count). The van der Waals surface area contributed by atoms with Crippen molar-refractivity contribution in [2.75, 3.05) is 0 Å². The summed E-state index contributed by atoms with van der Waals surface area (Å²) in [7, 11) is 0. The van der Waals surface area contributed by atoms with Crippen LogP contribution in [0.25, 0.3) is 0 Å². The van der Waals surface area contributed by atoms with E-state index in [0.29, 0.717) is 18.4 Å². The van der Waals surface area contributed by atoms with Crippen LogP contribution >= 0.6 is 0 Å². The van der Waals surface area contributed by atoms with Crippen LogP contribution in [0.1, 0.15) is 40.0 Å². The van der Waals surface area contributed by atoms with Crippen LogP contribution in [0.3, 0.4) is 0 Å². The molecule has 0 amide bonds. The number of ether oxygens (including phenoxy) is 2. The van der Waals surface area contributed by atoms with Crippen molar-refractivity contribution in [3.8, 4) is 0 Å². The van der Waals surface area contributed by atoms with Gasteiger partial charge < -0.3 is 14.6 Å². The molecule has 0 aromatic rings. The van der Waals surface area contributed by atoms with Crippen molar-refractivity contribution in [1.82, 2.24) is 0 Å². The van der Waals surface area contributed by atoms with E-state index in [0.717, 1.165) is 17.6 Å². The van der Waals surface area contributed by atoms with E-state index in [9.17, 15) is 14.7 Å². The van der Waals surface area contributed by atoms with E-state index in [-0.39, 0.29) is 5.57 Å². The first-order valence-electron chi connectivity index (χ1n) is 8.31. The number of carbonyl (C=O) groups is 2. The van der Waals surface area contributed by atoms with Crippen molar-refractivity contribution >= 4 is 11.9 Å². The van der Waals surface area contributed by atoms with Gasteiger partial charge in [-0.1, -0.05) is 24.3 Å². The van der Waals surface area contributed by atoms with E-state index >= 15 is 0 Å². The molecule has 0 radical (unpaired) electrons. The highest BCUT2D eigenvalue weighted by Crippen LogP contribution is 2.55. The van der Waals surface area contributed by atoms with Crippen molar-refractivity contribution in [1.29, 1.82) is 0 Å². The average Bonchev–Trinajstić information content (AvgIpc) is 2.92. The normalized spacial score (nSPS) is 38.3. The summed E-state index contributed by atoms with van der Waals surface area (Å²) in [5.74, 6) is -1.43. The molecule has 1 saturated carbocycles. The van der Waals surface area contributed by atoms with Crippen LogP contribution in [0.2, 0.25) is 0 Å². The SMILES string of the molecule is C=C(C)C(=O)OC1C2C(=C)C(=O)OC2CC(C)=C2CCC(O)C21C. The molecule has 1 aliphatic heterocycles. The summed E-state index contributed by atoms with van der Waals surface area (Å²) in [4.78, 5) is 24.3. The molecule has 5 atom stereocenters. The van der Waals surface area contributed by atoms with Gasteiger partial charge in [0.25, 0.3) is 0 Å². The van der Waals surface area contributed by atoms with E-state index in [4.69, 9.17) is 9.47 Å². The smallest absolute Gasteiger partial charge is 0.334 e. The second kappa shape index (κ2) is 5.59. The fraction of sp³-hybridized carbons (Fsp3) is 0.579. The van der Waals surface area contributed by atoms with Crippen LogP contribution in [0.15, 0.2) is 35.5 Å². The topological polar surface area (TPSA) is 72.8 Å². The molecular formula is C19H24O5. The molecule has 3 aliphatic rings. The zero-order valence-corrected chi connectivity index (χ0v) is 14.4. The van der Waals surface area contributed by atoms with Crippen molar-refractivity contribution in [2.24, 2.45) is 11.3 Å². The monoisotopic (exact) mass is 332 g/mol. The molecule has 2 fully saturated rings. The lowest BCUT2D eigenvalue weighted by atomic mass is 9.71. The van der Waals surface area contributed by atoms with Gasteiger partial charge >= 0.3 is 11.9 Å². The van der Waals surface area contributed by atoms with Crippen molar-refractivity contribution in [3.63, 3.8) is 0 Å². The van der Waals surface area contributed by atoms with Gasteiger partial charge in [-0.25, -0.2) is 9.59 Å². The quantitative estimate of drug-likeness (QED) is 0.478. The lowest BCUT2D eigenvalue weighted by Gasteiger charge is -2.40. The Morgan fingerprint density at radius 2 is 2.12 bits per heavy atom. The molecule has 0 bridgehead atoms. The predicted molar refractivity (Wildman–Crippen MR) is 87.9 cm³/mol. The summed E-state index contributed by atoms with van der Waals surface area (Å²) in [5, 5.41) is 10.7. The molecule has 5 heteroatoms. The Bertz CT molecular complexity index is 673. The molecule has 5 nitrogen and oxygen atoms in total. The first kappa shape index (κ1) is 17.0. The highest BCUT2D eigenvalue weighted by atomic mass is 16.6. The lowest BCUT2D eigenvalue weighted by molar-refractivity contribution is -0.159. The third kappa shape index (κ3) is 2.25. The van der Waals surface area contributed by atoms with Gasteiger partial charge in [-0.2, -0.15) is 0 Å². The Labute approximate surface area is 142 Å². The summed E-state index contributed by atoms with van der Waals surface area (Å²) in [6, 6.07) is 0. The van der Waals surface area contributed by atoms with E-state index < -0.39 is 41.6 Å². The summed E-state index contributed by atoms with van der Waals surface area (Å²) in [6.45, 7) is 13.0. The van der Waals surface area contributed by atoms with E-state index in [2.05, 4.69) is 13.2 Å². The first-order chi connectivity index (χ1) is 11.2. The van der Waals surface area contributed by atoms with Crippen LogP contribution in [-0.2, 0) is 19.1 Å². The third-order valence-electron chi connectivity index (χ3n) is 5.86. The van der Waals surface area contributed by atoms with Gasteiger partial charge in [0.2, 0.25) is 0 Å². The van der Waals surface area contributed by atoms with Crippen LogP contribution in [0, 0.1) is 11.3 Å². The van der Waals surface area contributed by atoms with E-state index in [1.165, 1.54) is 0 Å². The van der Waals surface area contributed by atoms with Gasteiger partial charge in [-0.05, 0) is 33.6 Å². The van der Waals surface area contributed by atoms with Gasteiger partial charge in [0.15, 0.2) is 0 Å². The lowest BCUT2D eigenvalue weighted by Crippen LogP contribution is -2.48. The number of fused-ring (bicyclic) bond motifs is 2. The summed E-state index contributed by atoms with van der Waals surface area (Å²) >= 11 is 0. The zero-order valence-electron chi connectivity index (χ0n) is 14.4. The minimum atomic E-state index is -0.745. The fourth-order valence-electron chi connectivity index (χ4n) is 4.49. The minimum Gasteiger partial charge on any atom is -0.458 e. The molecule has 5 unspecified atom stereocenters. The van der Waals surface area contributed by atoms with E-state index in [1.807, 2.05) is 13.8 Å². The molecule has 24 heavy (non-hydrogen) atoms. The Hall–Kier alpha value is -1.88. The van der Waals surface area contributed by atoms with Gasteiger partial charge in [-0.15, -0.1) is 0 Å². The molecule has 0 spiro atoms. The average molecular weight is 332 g/mol. The number of aliphatic hydroxyl groups excluding tert-OH is 1. The molecule has 130 valence electrons. The Morgan fingerprint density at radius 3 is 2.75 bits per heavy atom. The number of aliphatic hydroxyl groups is 1. The third-order valence-corrected chi connectivity index (χ3v) is 5.86. The van der Waals surface area contributed by atoms with Crippen LogP contribution in [0.4, 0.5) is 0 Å². The molecule has 0 aromatic carbocycles. The number of hydrogen-bond donors (Lipinski definition) is 1. The maximum absolute atomic E-state index is 12.2. The van der Waals surface area contributed by atoms with E-state index in [1.54, 1.807) is 6.92 Å². The largest absolute Gasteiger partial charge is 0.458 e. The first-order valence-corrected chi connectivity index (χ1v) is 8.31. The standard InChI is InChI=1S/C19H24O5/c1-9(2)17(21)24-16-15-11(4)18(22)23-13(15)8-10(3)12-6-7-14(20)19(12,16)5/h13-16,20H,1,4,6-8H2,2-3,5H3. The van der Waals surface area contributed by atoms with Gasteiger partial charge in [-0.3, -0.25) is 0 Å². The maximum atomic E-state index is 12.2. The van der Waals surface area contributed by atoms with Crippen LogP contribution in [0.5, 0.6) is 0 Å². The summed E-state index contributed by atoms with van der Waals surface area (Å²) in [6.07, 6.45) is 0.194. The molecule has 1 N–H and O–H groups in total. The van der Waals surface area contributed by atoms with Gasteiger partial charge in [0.1, 0.15) is 12.2 Å². The predicted octanol–water partition coefficient (Wildman–Crippen LogP) is 2.45. The Balaban J connectivity index is 2.13. The summed E-state index contributed by atoms with van der Waals surface area (Å²) < 4.78 is 11.3. The molecule has 1 heterocycles. The number of esters is 2. The van der Waals surface area contributed by atoms with Crippen molar-refractivity contribution in [2.45, 2.75) is 58.3 Å². The Kier molecular flexibility index (Phi) is 3.95. The Morgan fingerprint density at radius 1 is 1.46 bits per heavy atom. The molecule has 0 aromatic heterocycles. The molecular weight excluding hydrogens is 308 g/mol. The van der Waals surface area contributed by atoms with Crippen molar-refractivity contribution < 1.29 is 24.2 Å². The van der Waals surface area contributed by atoms with Gasteiger partial charge in [0, 0.05) is 17.6 Å². The summed E-state index contributed by atoms with van der Waals surface area (Å²) in [5.41, 5.74) is 2.05. The van der Waals surface area contributed by atoms with Crippen molar-refractivity contribution in [3.05, 3.63) is 35.5 Å². The fourth-order valence-corrected chi connectivity index (χ4v) is 4.49. The van der Waals surface area contributed by atoms with Gasteiger partial charge in [0.05, 0.1) is 17.4 Å². The highest BCUT2D eigenvalue weighted by molar-refractivity contribution is 5.91. The highest BCUT2D eigenvalue weighted by Gasteiger charge is 2.59. The minimum absolute atomic E-state index is 0.282. The van der Waals surface area contributed by atoms with Crippen LogP contribution in [-0.4, -0.2) is 35.4 Å². The molecule has 2 aliphatic carbocycles. The number of rotatable bonds is 2.